The Kier molecular flexibility index (Phi) is 3.96. The van der Waals surface area contributed by atoms with E-state index >= 15 is 0 Å². The molecule has 2 saturated heterocycles. The number of likely N-dealkylation sites (tertiary alicyclic amines) is 2. The third-order valence-corrected chi connectivity index (χ3v) is 4.53. The number of carboxylic acids is 1. The Hall–Kier alpha value is -1.82. The first-order valence-corrected chi connectivity index (χ1v) is 7.55. The van der Waals surface area contributed by atoms with Crippen LogP contribution in [0.1, 0.15) is 29.8 Å². The van der Waals surface area contributed by atoms with Crippen LogP contribution in [-0.4, -0.2) is 63.6 Å². The maximum Gasteiger partial charge on any atom is 0.352 e. The number of carbonyl (C=O) groups excluding carboxylic acids is 1. The molecule has 1 N–H and O–H groups in total. The first kappa shape index (κ1) is 14.1. The molecular formula is C15H21N3O3. The molecule has 2 aliphatic heterocycles. The topological polar surface area (TPSA) is 65.8 Å². The SMILES string of the molecule is O=C(O)c1cccn1CC(=O)N1CCC(N2CCCC2)C1. The van der Waals surface area contributed by atoms with Crippen LogP contribution in [0.5, 0.6) is 0 Å². The molecule has 3 rings (SSSR count). The zero-order valence-electron chi connectivity index (χ0n) is 12.1. The van der Waals surface area contributed by atoms with Crippen LogP contribution in [0, 0.1) is 0 Å². The minimum absolute atomic E-state index is 0.00963. The maximum absolute atomic E-state index is 12.3. The van der Waals surface area contributed by atoms with E-state index < -0.39 is 5.97 Å². The number of amides is 1. The van der Waals surface area contributed by atoms with Crippen LogP contribution in [0.15, 0.2) is 18.3 Å². The second-order valence-electron chi connectivity index (χ2n) is 5.85. The van der Waals surface area contributed by atoms with E-state index in [2.05, 4.69) is 4.90 Å². The minimum Gasteiger partial charge on any atom is -0.477 e. The highest BCUT2D eigenvalue weighted by Crippen LogP contribution is 2.20. The summed E-state index contributed by atoms with van der Waals surface area (Å²) in [6.07, 6.45) is 5.20. The molecule has 2 aliphatic rings. The quantitative estimate of drug-likeness (QED) is 0.894. The molecule has 21 heavy (non-hydrogen) atoms. The summed E-state index contributed by atoms with van der Waals surface area (Å²) in [5, 5.41) is 9.07. The van der Waals surface area contributed by atoms with Crippen LogP contribution in [0.4, 0.5) is 0 Å². The fourth-order valence-electron chi connectivity index (χ4n) is 3.36. The van der Waals surface area contributed by atoms with Gasteiger partial charge < -0.3 is 14.6 Å². The lowest BCUT2D eigenvalue weighted by Crippen LogP contribution is -2.38. The standard InChI is InChI=1S/C15H21N3O3/c19-14(11-17-8-3-4-13(17)15(20)21)18-9-5-12(10-18)16-6-1-2-7-16/h3-4,8,12H,1-2,5-7,9-11H2,(H,20,21). The van der Waals surface area contributed by atoms with Crippen molar-refractivity contribution in [2.24, 2.45) is 0 Å². The number of hydrogen-bond donors (Lipinski definition) is 1. The van der Waals surface area contributed by atoms with E-state index in [0.29, 0.717) is 6.04 Å². The van der Waals surface area contributed by atoms with E-state index in [-0.39, 0.29) is 18.1 Å². The van der Waals surface area contributed by atoms with E-state index in [1.807, 2.05) is 4.90 Å². The Morgan fingerprint density at radius 1 is 1.24 bits per heavy atom. The lowest BCUT2D eigenvalue weighted by Gasteiger charge is -2.23. The number of carboxylic acid groups (broad SMARTS) is 1. The van der Waals surface area contributed by atoms with E-state index in [9.17, 15) is 9.59 Å². The van der Waals surface area contributed by atoms with Crippen LogP contribution < -0.4 is 0 Å². The van der Waals surface area contributed by atoms with Gasteiger partial charge in [0, 0.05) is 25.3 Å². The second kappa shape index (κ2) is 5.89. The number of nitrogens with zero attached hydrogens (tertiary/aromatic N) is 3. The molecule has 6 nitrogen and oxygen atoms in total. The molecule has 0 saturated carbocycles. The van der Waals surface area contributed by atoms with Gasteiger partial charge in [-0.05, 0) is 44.5 Å². The molecule has 1 aromatic heterocycles. The van der Waals surface area contributed by atoms with Crippen LogP contribution in [0.25, 0.3) is 0 Å². The van der Waals surface area contributed by atoms with Gasteiger partial charge in [-0.3, -0.25) is 9.69 Å². The van der Waals surface area contributed by atoms with Crippen molar-refractivity contribution in [2.75, 3.05) is 26.2 Å². The highest BCUT2D eigenvalue weighted by molar-refractivity contribution is 5.87. The third-order valence-electron chi connectivity index (χ3n) is 4.53. The minimum atomic E-state index is -0.996. The molecule has 0 radical (unpaired) electrons. The number of rotatable bonds is 4. The maximum atomic E-state index is 12.3. The Morgan fingerprint density at radius 3 is 2.71 bits per heavy atom. The van der Waals surface area contributed by atoms with Gasteiger partial charge in [-0.15, -0.1) is 0 Å². The van der Waals surface area contributed by atoms with Gasteiger partial charge in [-0.1, -0.05) is 0 Å². The van der Waals surface area contributed by atoms with Crippen molar-refractivity contribution in [1.29, 1.82) is 0 Å². The number of aromatic carboxylic acids is 1. The smallest absolute Gasteiger partial charge is 0.352 e. The average Bonchev–Trinajstić information content (AvgIpc) is 3.19. The van der Waals surface area contributed by atoms with E-state index in [0.717, 1.165) is 32.6 Å². The van der Waals surface area contributed by atoms with Gasteiger partial charge in [0.25, 0.3) is 0 Å². The fourth-order valence-corrected chi connectivity index (χ4v) is 3.36. The zero-order valence-corrected chi connectivity index (χ0v) is 12.1. The second-order valence-corrected chi connectivity index (χ2v) is 5.85. The molecular weight excluding hydrogens is 270 g/mol. The van der Waals surface area contributed by atoms with Crippen molar-refractivity contribution in [1.82, 2.24) is 14.4 Å². The summed E-state index contributed by atoms with van der Waals surface area (Å²) in [7, 11) is 0. The average molecular weight is 291 g/mol. The van der Waals surface area contributed by atoms with Crippen molar-refractivity contribution in [3.63, 3.8) is 0 Å². The van der Waals surface area contributed by atoms with Gasteiger partial charge in [-0.25, -0.2) is 4.79 Å². The normalized spacial score (nSPS) is 22.9. The lowest BCUT2D eigenvalue weighted by atomic mass is 10.2. The summed E-state index contributed by atoms with van der Waals surface area (Å²) in [4.78, 5) is 27.7. The molecule has 1 aromatic rings. The molecule has 3 heterocycles. The van der Waals surface area contributed by atoms with Gasteiger partial charge in [-0.2, -0.15) is 0 Å². The van der Waals surface area contributed by atoms with Crippen molar-refractivity contribution in [3.8, 4) is 0 Å². The molecule has 1 unspecified atom stereocenters. The van der Waals surface area contributed by atoms with E-state index in [4.69, 9.17) is 5.11 Å². The molecule has 0 aromatic carbocycles. The van der Waals surface area contributed by atoms with Gasteiger partial charge in [0.2, 0.25) is 5.91 Å². The van der Waals surface area contributed by atoms with Gasteiger partial charge >= 0.3 is 5.97 Å². The zero-order chi connectivity index (χ0) is 14.8. The Balaban J connectivity index is 1.58. The first-order valence-electron chi connectivity index (χ1n) is 7.55. The fraction of sp³-hybridized carbons (Fsp3) is 0.600. The van der Waals surface area contributed by atoms with Crippen molar-refractivity contribution < 1.29 is 14.7 Å². The van der Waals surface area contributed by atoms with Gasteiger partial charge in [0.15, 0.2) is 0 Å². The van der Waals surface area contributed by atoms with E-state index in [1.54, 1.807) is 12.3 Å². The Morgan fingerprint density at radius 2 is 2.00 bits per heavy atom. The molecule has 0 aliphatic carbocycles. The molecule has 1 atom stereocenters. The van der Waals surface area contributed by atoms with E-state index in [1.165, 1.54) is 23.5 Å². The van der Waals surface area contributed by atoms with Crippen molar-refractivity contribution >= 4 is 11.9 Å². The Bertz CT molecular complexity index is 534. The largest absolute Gasteiger partial charge is 0.477 e. The number of hydrogen-bond acceptors (Lipinski definition) is 3. The summed E-state index contributed by atoms with van der Waals surface area (Å²) in [6, 6.07) is 3.67. The number of carbonyl (C=O) groups is 2. The summed E-state index contributed by atoms with van der Waals surface area (Å²) in [5.74, 6) is -0.987. The van der Waals surface area contributed by atoms with Crippen LogP contribution in [0.2, 0.25) is 0 Å². The summed E-state index contributed by atoms with van der Waals surface area (Å²) < 4.78 is 1.51. The molecule has 0 spiro atoms. The molecule has 2 fully saturated rings. The van der Waals surface area contributed by atoms with Gasteiger partial charge in [0.05, 0.1) is 0 Å². The summed E-state index contributed by atoms with van der Waals surface area (Å²) in [5.41, 5.74) is 0.165. The molecule has 114 valence electrons. The predicted octanol–water partition coefficient (Wildman–Crippen LogP) is 0.883. The van der Waals surface area contributed by atoms with Crippen molar-refractivity contribution in [3.05, 3.63) is 24.0 Å². The van der Waals surface area contributed by atoms with Crippen LogP contribution >= 0.6 is 0 Å². The van der Waals surface area contributed by atoms with Gasteiger partial charge in [0.1, 0.15) is 12.2 Å². The Labute approximate surface area is 123 Å². The molecule has 6 heteroatoms. The lowest BCUT2D eigenvalue weighted by molar-refractivity contribution is -0.130. The molecule has 1 amide bonds. The predicted molar refractivity (Wildman–Crippen MR) is 77.2 cm³/mol. The highest BCUT2D eigenvalue weighted by atomic mass is 16.4. The molecule has 0 bridgehead atoms. The van der Waals surface area contributed by atoms with Crippen LogP contribution in [-0.2, 0) is 11.3 Å². The summed E-state index contributed by atoms with van der Waals surface area (Å²) >= 11 is 0. The highest BCUT2D eigenvalue weighted by Gasteiger charge is 2.31. The summed E-state index contributed by atoms with van der Waals surface area (Å²) in [6.45, 7) is 3.97. The van der Waals surface area contributed by atoms with Crippen LogP contribution in [0.3, 0.4) is 0 Å². The van der Waals surface area contributed by atoms with Crippen molar-refractivity contribution in [2.45, 2.75) is 31.8 Å². The third kappa shape index (κ3) is 2.95. The first-order chi connectivity index (χ1) is 10.1. The number of aromatic nitrogens is 1. The monoisotopic (exact) mass is 291 g/mol.